The summed E-state index contributed by atoms with van der Waals surface area (Å²) in [6.07, 6.45) is 0. The highest BCUT2D eigenvalue weighted by Gasteiger charge is 2.22. The molecular formula is C14H15Cl2FO. The zero-order valence-electron chi connectivity index (χ0n) is 10.7. The van der Waals surface area contributed by atoms with E-state index in [2.05, 4.69) is 6.58 Å². The number of benzene rings is 1. The molecule has 0 heterocycles. The molecule has 1 aromatic rings. The van der Waals surface area contributed by atoms with E-state index in [4.69, 9.17) is 23.2 Å². The minimum Gasteiger partial charge on any atom is -0.289 e. The lowest BCUT2D eigenvalue weighted by atomic mass is 9.89. The van der Waals surface area contributed by atoms with Gasteiger partial charge in [-0.25, -0.2) is 4.39 Å². The first-order valence-corrected chi connectivity index (χ1v) is 6.56. The van der Waals surface area contributed by atoms with E-state index in [0.29, 0.717) is 33.4 Å². The van der Waals surface area contributed by atoms with Gasteiger partial charge in [0.1, 0.15) is 5.82 Å². The van der Waals surface area contributed by atoms with Gasteiger partial charge < -0.3 is 0 Å². The van der Waals surface area contributed by atoms with Gasteiger partial charge in [-0.2, -0.15) is 0 Å². The van der Waals surface area contributed by atoms with Gasteiger partial charge in [0.2, 0.25) is 0 Å². The Kier molecular flexibility index (Phi) is 4.94. The van der Waals surface area contributed by atoms with Crippen LogP contribution >= 0.6 is 23.2 Å². The van der Waals surface area contributed by atoms with Crippen LogP contribution in [-0.2, 0) is 11.8 Å². The maximum Gasteiger partial charge on any atom is 0.188 e. The lowest BCUT2D eigenvalue weighted by Crippen LogP contribution is -2.12. The third kappa shape index (κ3) is 2.45. The lowest BCUT2D eigenvalue weighted by Gasteiger charge is -2.17. The van der Waals surface area contributed by atoms with Gasteiger partial charge in [-0.05, 0) is 43.0 Å². The summed E-state index contributed by atoms with van der Waals surface area (Å²) in [5, 5.41) is 0. The molecule has 0 amide bonds. The number of alkyl halides is 2. The van der Waals surface area contributed by atoms with Gasteiger partial charge in [-0.15, -0.1) is 23.2 Å². The quantitative estimate of drug-likeness (QED) is 0.447. The number of hydrogen-bond donors (Lipinski definition) is 0. The predicted octanol–water partition coefficient (Wildman–Crippen LogP) is 4.68. The molecule has 98 valence electrons. The lowest BCUT2D eigenvalue weighted by molar-refractivity contribution is 0.103. The molecule has 0 bridgehead atoms. The Bertz CT molecular complexity index is 521. The first-order valence-electron chi connectivity index (χ1n) is 5.49. The van der Waals surface area contributed by atoms with E-state index < -0.39 is 5.82 Å². The molecule has 0 fully saturated rings. The molecule has 4 heteroatoms. The summed E-state index contributed by atoms with van der Waals surface area (Å²) >= 11 is 11.6. The molecule has 0 aromatic heterocycles. The van der Waals surface area contributed by atoms with Crippen molar-refractivity contribution in [1.82, 2.24) is 0 Å². The minimum absolute atomic E-state index is 0.0388. The van der Waals surface area contributed by atoms with Crippen molar-refractivity contribution in [2.75, 3.05) is 0 Å². The molecule has 1 nitrogen and oxygen atoms in total. The minimum atomic E-state index is -0.448. The van der Waals surface area contributed by atoms with Crippen molar-refractivity contribution in [2.45, 2.75) is 32.5 Å². The summed E-state index contributed by atoms with van der Waals surface area (Å²) in [4.78, 5) is 12.1. The van der Waals surface area contributed by atoms with Crippen molar-refractivity contribution in [1.29, 1.82) is 0 Å². The van der Waals surface area contributed by atoms with Crippen LogP contribution in [0, 0.1) is 19.7 Å². The molecular weight excluding hydrogens is 274 g/mol. The number of carbonyl (C=O) groups is 1. The van der Waals surface area contributed by atoms with Crippen LogP contribution in [0.25, 0.3) is 0 Å². The van der Waals surface area contributed by atoms with Crippen molar-refractivity contribution in [2.24, 2.45) is 0 Å². The highest BCUT2D eigenvalue weighted by atomic mass is 35.5. The molecule has 18 heavy (non-hydrogen) atoms. The van der Waals surface area contributed by atoms with Crippen molar-refractivity contribution >= 4 is 29.0 Å². The van der Waals surface area contributed by atoms with E-state index in [1.807, 2.05) is 0 Å². The number of allylic oxidation sites excluding steroid dienone is 1. The van der Waals surface area contributed by atoms with Crippen LogP contribution in [0.2, 0.25) is 0 Å². The Morgan fingerprint density at radius 2 is 1.67 bits per heavy atom. The summed E-state index contributed by atoms with van der Waals surface area (Å²) < 4.78 is 14.2. The topological polar surface area (TPSA) is 17.1 Å². The first kappa shape index (κ1) is 15.2. The summed E-state index contributed by atoms with van der Waals surface area (Å²) in [5.74, 6) is -0.536. The summed E-state index contributed by atoms with van der Waals surface area (Å²) in [7, 11) is 0. The van der Waals surface area contributed by atoms with Crippen LogP contribution in [0.4, 0.5) is 4.39 Å². The van der Waals surface area contributed by atoms with Crippen molar-refractivity contribution in [3.8, 4) is 0 Å². The average molecular weight is 289 g/mol. The molecule has 0 atom stereocenters. The van der Waals surface area contributed by atoms with Gasteiger partial charge >= 0.3 is 0 Å². The molecule has 0 aliphatic heterocycles. The number of Topliss-reactive ketones (excluding diaryl/α,β-unsaturated/α-hetero) is 1. The van der Waals surface area contributed by atoms with Crippen LogP contribution < -0.4 is 0 Å². The Morgan fingerprint density at radius 3 is 2.06 bits per heavy atom. The van der Waals surface area contributed by atoms with E-state index in [-0.39, 0.29) is 17.5 Å². The first-order chi connectivity index (χ1) is 8.36. The predicted molar refractivity (Wildman–Crippen MR) is 74.1 cm³/mol. The van der Waals surface area contributed by atoms with Gasteiger partial charge in [0.15, 0.2) is 5.78 Å². The van der Waals surface area contributed by atoms with E-state index >= 15 is 0 Å². The number of hydrogen-bond acceptors (Lipinski definition) is 1. The van der Waals surface area contributed by atoms with Crippen LogP contribution in [-0.4, -0.2) is 5.78 Å². The second-order valence-electron chi connectivity index (χ2n) is 4.27. The number of halogens is 3. The van der Waals surface area contributed by atoms with E-state index in [1.165, 1.54) is 0 Å². The Balaban J connectivity index is 3.69. The van der Waals surface area contributed by atoms with Crippen LogP contribution in [0.3, 0.4) is 0 Å². The van der Waals surface area contributed by atoms with E-state index in [0.717, 1.165) is 0 Å². The monoisotopic (exact) mass is 288 g/mol. The average Bonchev–Trinajstić information content (AvgIpc) is 2.33. The number of carbonyl (C=O) groups excluding carboxylic acids is 1. The van der Waals surface area contributed by atoms with Gasteiger partial charge in [-0.3, -0.25) is 4.79 Å². The third-order valence-corrected chi connectivity index (χ3v) is 3.58. The van der Waals surface area contributed by atoms with Gasteiger partial charge in [-0.1, -0.05) is 6.58 Å². The van der Waals surface area contributed by atoms with Crippen LogP contribution in [0.5, 0.6) is 0 Å². The van der Waals surface area contributed by atoms with E-state index in [9.17, 15) is 9.18 Å². The Labute approximate surface area is 117 Å². The van der Waals surface area contributed by atoms with Crippen LogP contribution in [0.1, 0.15) is 39.5 Å². The second kappa shape index (κ2) is 5.85. The number of ketones is 1. The van der Waals surface area contributed by atoms with Crippen molar-refractivity contribution < 1.29 is 9.18 Å². The largest absolute Gasteiger partial charge is 0.289 e. The summed E-state index contributed by atoms with van der Waals surface area (Å²) in [5.41, 5.74) is 2.70. The Morgan fingerprint density at radius 1 is 1.17 bits per heavy atom. The van der Waals surface area contributed by atoms with Gasteiger partial charge in [0.25, 0.3) is 0 Å². The van der Waals surface area contributed by atoms with Gasteiger partial charge in [0, 0.05) is 17.0 Å². The van der Waals surface area contributed by atoms with Crippen LogP contribution in [0.15, 0.2) is 12.2 Å². The maximum atomic E-state index is 14.2. The second-order valence-corrected chi connectivity index (χ2v) is 4.81. The van der Waals surface area contributed by atoms with Gasteiger partial charge in [0.05, 0.1) is 5.88 Å². The smallest absolute Gasteiger partial charge is 0.188 e. The maximum absolute atomic E-state index is 14.2. The highest BCUT2D eigenvalue weighted by molar-refractivity contribution is 6.19. The normalized spacial score (nSPS) is 10.6. The zero-order chi connectivity index (χ0) is 14.0. The SMILES string of the molecule is C=C(C)C(=O)c1c(C)c(F)c(CCl)c(CCl)c1C. The van der Waals surface area contributed by atoms with E-state index in [1.54, 1.807) is 20.8 Å². The molecule has 1 aromatic carbocycles. The molecule has 0 radical (unpaired) electrons. The standard InChI is InChI=1S/C14H15Cl2FO/c1-7(2)14(18)12-8(3)10(5-15)11(6-16)13(17)9(12)4/h1,5-6H2,2-4H3. The fourth-order valence-corrected chi connectivity index (χ4v) is 2.64. The molecule has 0 spiro atoms. The number of rotatable bonds is 4. The molecule has 0 N–H and O–H groups in total. The molecule has 0 saturated heterocycles. The summed E-state index contributed by atoms with van der Waals surface area (Å²) in [6.45, 7) is 8.55. The van der Waals surface area contributed by atoms with Crippen molar-refractivity contribution in [3.05, 3.63) is 45.8 Å². The Hall–Kier alpha value is -0.860. The third-order valence-electron chi connectivity index (χ3n) is 3.04. The highest BCUT2D eigenvalue weighted by Crippen LogP contribution is 2.30. The molecule has 0 saturated carbocycles. The summed E-state index contributed by atoms with van der Waals surface area (Å²) in [6, 6.07) is 0. The fraction of sp³-hybridized carbons (Fsp3) is 0.357. The molecule has 1 rings (SSSR count). The van der Waals surface area contributed by atoms with Crippen molar-refractivity contribution in [3.63, 3.8) is 0 Å². The zero-order valence-corrected chi connectivity index (χ0v) is 12.2. The molecule has 0 aliphatic carbocycles. The molecule has 0 aliphatic rings. The fourth-order valence-electron chi connectivity index (χ4n) is 2.00. The molecule has 0 unspecified atom stereocenters.